The zero-order valence-electron chi connectivity index (χ0n) is 14.7. The van der Waals surface area contributed by atoms with Gasteiger partial charge >= 0.3 is 11.9 Å². The summed E-state index contributed by atoms with van der Waals surface area (Å²) in [5.74, 6) is 0.402. The number of esters is 1. The molecule has 0 aromatic heterocycles. The van der Waals surface area contributed by atoms with E-state index in [1.165, 1.54) is 18.2 Å². The molecule has 4 nitrogen and oxygen atoms in total. The molecule has 25 heavy (non-hydrogen) atoms. The average Bonchev–Trinajstić information content (AvgIpc) is 2.97. The Morgan fingerprint density at radius 1 is 1.28 bits per heavy atom. The van der Waals surface area contributed by atoms with E-state index in [1.54, 1.807) is 0 Å². The third-order valence-electron chi connectivity index (χ3n) is 6.96. The van der Waals surface area contributed by atoms with Crippen LogP contribution in [0.5, 0.6) is 0 Å². The summed E-state index contributed by atoms with van der Waals surface area (Å²) < 4.78 is 4.84. The molecule has 0 spiro atoms. The standard InChI is InChI=1S/C21H24O4/c1-21-10-9-15-14-5-4-13(20(24)25-2)11-12(14)3-6-16(15)17(21)7-8-18(21)19(22)23/h4-5,8,11,15-17H,3,6-7,9-10H2,1-2H3,(H,22,23)/t15-,16-,17+,21+/m1/s1. The first-order valence-corrected chi connectivity index (χ1v) is 9.11. The predicted molar refractivity (Wildman–Crippen MR) is 93.5 cm³/mol. The van der Waals surface area contributed by atoms with Crippen LogP contribution in [0.2, 0.25) is 0 Å². The summed E-state index contributed by atoms with van der Waals surface area (Å²) in [7, 11) is 1.41. The monoisotopic (exact) mass is 340 g/mol. The summed E-state index contributed by atoms with van der Waals surface area (Å²) in [5, 5.41) is 9.57. The fourth-order valence-electron chi connectivity index (χ4n) is 5.73. The quantitative estimate of drug-likeness (QED) is 0.828. The lowest BCUT2D eigenvalue weighted by atomic mass is 9.54. The number of methoxy groups -OCH3 is 1. The maximum Gasteiger partial charge on any atom is 0.337 e. The van der Waals surface area contributed by atoms with Crippen LogP contribution in [0, 0.1) is 17.3 Å². The summed E-state index contributed by atoms with van der Waals surface area (Å²) >= 11 is 0. The van der Waals surface area contributed by atoms with Gasteiger partial charge in [-0.05, 0) is 73.1 Å². The number of carboxylic acid groups (broad SMARTS) is 1. The van der Waals surface area contributed by atoms with Gasteiger partial charge in [-0.3, -0.25) is 0 Å². The molecule has 0 heterocycles. The zero-order chi connectivity index (χ0) is 17.8. The Hall–Kier alpha value is -2.10. The van der Waals surface area contributed by atoms with Crippen molar-refractivity contribution in [3.8, 4) is 0 Å². The van der Waals surface area contributed by atoms with E-state index in [9.17, 15) is 14.7 Å². The average molecular weight is 340 g/mol. The van der Waals surface area contributed by atoms with Crippen LogP contribution in [0.3, 0.4) is 0 Å². The number of aliphatic carboxylic acids is 1. The van der Waals surface area contributed by atoms with Crippen molar-refractivity contribution < 1.29 is 19.4 Å². The van der Waals surface area contributed by atoms with E-state index < -0.39 is 5.97 Å². The van der Waals surface area contributed by atoms with Crippen LogP contribution in [-0.2, 0) is 16.0 Å². The Balaban J connectivity index is 1.65. The summed E-state index contributed by atoms with van der Waals surface area (Å²) in [5.41, 5.74) is 3.68. The number of aryl methyl sites for hydroxylation is 1. The molecule has 3 aliphatic carbocycles. The smallest absolute Gasteiger partial charge is 0.337 e. The van der Waals surface area contributed by atoms with Gasteiger partial charge in [0.15, 0.2) is 0 Å². The lowest BCUT2D eigenvalue weighted by Crippen LogP contribution is -2.42. The van der Waals surface area contributed by atoms with E-state index in [0.29, 0.717) is 28.9 Å². The van der Waals surface area contributed by atoms with Gasteiger partial charge in [0.25, 0.3) is 0 Å². The lowest BCUT2D eigenvalue weighted by molar-refractivity contribution is -0.134. The number of benzene rings is 1. The van der Waals surface area contributed by atoms with Crippen molar-refractivity contribution >= 4 is 11.9 Å². The molecule has 0 saturated heterocycles. The Morgan fingerprint density at radius 2 is 2.08 bits per heavy atom. The van der Waals surface area contributed by atoms with E-state index in [2.05, 4.69) is 13.0 Å². The Kier molecular flexibility index (Phi) is 3.75. The van der Waals surface area contributed by atoms with E-state index in [-0.39, 0.29) is 11.4 Å². The third-order valence-corrected chi connectivity index (χ3v) is 6.96. The van der Waals surface area contributed by atoms with Crippen molar-refractivity contribution in [2.75, 3.05) is 7.11 Å². The summed E-state index contributed by atoms with van der Waals surface area (Å²) in [6.45, 7) is 2.15. The Morgan fingerprint density at radius 3 is 2.80 bits per heavy atom. The molecule has 1 N–H and O–H groups in total. The van der Waals surface area contributed by atoms with Crippen molar-refractivity contribution in [3.05, 3.63) is 46.5 Å². The maximum absolute atomic E-state index is 11.8. The predicted octanol–water partition coefficient (Wildman–Crippen LogP) is 3.95. The van der Waals surface area contributed by atoms with Gasteiger partial charge in [0.2, 0.25) is 0 Å². The van der Waals surface area contributed by atoms with Gasteiger partial charge in [0.05, 0.1) is 12.7 Å². The molecule has 4 heteroatoms. The topological polar surface area (TPSA) is 63.6 Å². The summed E-state index contributed by atoms with van der Waals surface area (Å²) in [6.07, 6.45) is 6.82. The lowest BCUT2D eigenvalue weighted by Gasteiger charge is -2.49. The highest BCUT2D eigenvalue weighted by Crippen LogP contribution is 2.61. The van der Waals surface area contributed by atoms with Gasteiger partial charge in [-0.15, -0.1) is 0 Å². The second-order valence-corrected chi connectivity index (χ2v) is 7.94. The van der Waals surface area contributed by atoms with Crippen LogP contribution in [-0.4, -0.2) is 24.2 Å². The summed E-state index contributed by atoms with van der Waals surface area (Å²) in [4.78, 5) is 23.4. The number of hydrogen-bond acceptors (Lipinski definition) is 3. The molecule has 0 radical (unpaired) electrons. The number of fused-ring (bicyclic) bond motifs is 5. The molecule has 1 aromatic carbocycles. The minimum atomic E-state index is -0.748. The first kappa shape index (κ1) is 16.4. The number of hydrogen-bond donors (Lipinski definition) is 1. The van der Waals surface area contributed by atoms with Gasteiger partial charge in [-0.1, -0.05) is 19.1 Å². The molecule has 0 amide bonds. The van der Waals surface area contributed by atoms with Crippen LogP contribution >= 0.6 is 0 Å². The number of rotatable bonds is 2. The normalized spacial score (nSPS) is 32.9. The number of carboxylic acids is 1. The molecule has 1 aromatic rings. The molecule has 4 atom stereocenters. The third kappa shape index (κ3) is 2.34. The molecule has 0 aliphatic heterocycles. The van der Waals surface area contributed by atoms with Crippen LogP contribution in [0.15, 0.2) is 29.8 Å². The summed E-state index contributed by atoms with van der Waals surface area (Å²) in [6, 6.07) is 5.96. The highest BCUT2D eigenvalue weighted by Gasteiger charge is 2.53. The van der Waals surface area contributed by atoms with Crippen molar-refractivity contribution in [2.24, 2.45) is 17.3 Å². The van der Waals surface area contributed by atoms with Gasteiger partial charge in [-0.25, -0.2) is 9.59 Å². The minimum Gasteiger partial charge on any atom is -0.478 e. The molecular formula is C21H24O4. The van der Waals surface area contributed by atoms with E-state index in [1.807, 2.05) is 18.2 Å². The largest absolute Gasteiger partial charge is 0.478 e. The van der Waals surface area contributed by atoms with Crippen molar-refractivity contribution in [1.82, 2.24) is 0 Å². The molecule has 3 aliphatic rings. The number of carbonyl (C=O) groups excluding carboxylic acids is 1. The fourth-order valence-corrected chi connectivity index (χ4v) is 5.73. The number of allylic oxidation sites excluding steroid dienone is 1. The molecular weight excluding hydrogens is 316 g/mol. The van der Waals surface area contributed by atoms with Crippen LogP contribution < -0.4 is 0 Å². The first-order chi connectivity index (χ1) is 12.0. The van der Waals surface area contributed by atoms with Gasteiger partial charge in [0.1, 0.15) is 0 Å². The molecule has 1 fully saturated rings. The maximum atomic E-state index is 11.8. The Bertz CT molecular complexity index is 778. The zero-order valence-corrected chi connectivity index (χ0v) is 14.7. The molecule has 1 saturated carbocycles. The van der Waals surface area contributed by atoms with Crippen LogP contribution in [0.25, 0.3) is 0 Å². The molecule has 132 valence electrons. The highest BCUT2D eigenvalue weighted by molar-refractivity contribution is 5.90. The van der Waals surface area contributed by atoms with E-state index >= 15 is 0 Å². The molecule has 4 rings (SSSR count). The second-order valence-electron chi connectivity index (χ2n) is 7.94. The van der Waals surface area contributed by atoms with E-state index in [0.717, 1.165) is 32.1 Å². The SMILES string of the molecule is COC(=O)c1ccc2c(c1)CC[C@@H]1[C@@H]2CC[C@]2(C)C(C(=O)O)=CC[C@@H]12. The molecule has 0 bridgehead atoms. The van der Waals surface area contributed by atoms with Gasteiger partial charge in [-0.2, -0.15) is 0 Å². The van der Waals surface area contributed by atoms with Gasteiger partial charge < -0.3 is 9.84 Å². The number of carbonyl (C=O) groups is 2. The van der Waals surface area contributed by atoms with Crippen LogP contribution in [0.1, 0.15) is 60.0 Å². The van der Waals surface area contributed by atoms with E-state index in [4.69, 9.17) is 4.74 Å². The van der Waals surface area contributed by atoms with Crippen molar-refractivity contribution in [1.29, 1.82) is 0 Å². The first-order valence-electron chi connectivity index (χ1n) is 9.11. The van der Waals surface area contributed by atoms with Gasteiger partial charge in [0, 0.05) is 11.0 Å². The van der Waals surface area contributed by atoms with Crippen LogP contribution in [0.4, 0.5) is 0 Å². The fraction of sp³-hybridized carbons (Fsp3) is 0.524. The number of ether oxygens (including phenoxy) is 1. The second kappa shape index (κ2) is 5.72. The minimum absolute atomic E-state index is 0.184. The van der Waals surface area contributed by atoms with Crippen molar-refractivity contribution in [2.45, 2.75) is 44.9 Å². The highest BCUT2D eigenvalue weighted by atomic mass is 16.5. The Labute approximate surface area is 147 Å². The van der Waals surface area contributed by atoms with Crippen molar-refractivity contribution in [3.63, 3.8) is 0 Å². The molecule has 0 unspecified atom stereocenters.